The number of hydrogen-bond acceptors (Lipinski definition) is 7. The number of carbonyl (C=O) groups excluding carboxylic acids is 1. The molecule has 1 heterocycles. The topological polar surface area (TPSA) is 75.7 Å². The zero-order valence-electron chi connectivity index (χ0n) is 22.1. The Hall–Kier alpha value is -4.07. The van der Waals surface area contributed by atoms with E-state index in [1.165, 1.54) is 0 Å². The Kier molecular flexibility index (Phi) is 7.96. The molecule has 0 aromatic heterocycles. The summed E-state index contributed by atoms with van der Waals surface area (Å²) in [6.07, 6.45) is 0.217. The van der Waals surface area contributed by atoms with Gasteiger partial charge in [0, 0.05) is 5.69 Å². The van der Waals surface area contributed by atoms with Crippen LogP contribution >= 0.6 is 0 Å². The van der Waals surface area contributed by atoms with Crippen molar-refractivity contribution in [3.05, 3.63) is 65.2 Å². The fourth-order valence-electron chi connectivity index (χ4n) is 4.72. The van der Waals surface area contributed by atoms with Crippen LogP contribution in [0.3, 0.4) is 0 Å². The van der Waals surface area contributed by atoms with Crippen LogP contribution in [0, 0.1) is 0 Å². The van der Waals surface area contributed by atoms with Crippen molar-refractivity contribution >= 4 is 11.6 Å². The molecule has 3 aromatic rings. The summed E-state index contributed by atoms with van der Waals surface area (Å²) in [5, 5.41) is 0. The molecule has 37 heavy (non-hydrogen) atoms. The molecule has 4 rings (SSSR count). The van der Waals surface area contributed by atoms with E-state index in [-0.39, 0.29) is 12.3 Å². The fourth-order valence-corrected chi connectivity index (χ4v) is 4.72. The van der Waals surface area contributed by atoms with Gasteiger partial charge in [0.25, 0.3) is 0 Å². The molecule has 1 aliphatic heterocycles. The molecule has 0 aliphatic carbocycles. The number of amides is 1. The first kappa shape index (κ1) is 26.0. The highest BCUT2D eigenvalue weighted by atomic mass is 16.5. The van der Waals surface area contributed by atoms with Gasteiger partial charge < -0.3 is 33.3 Å². The molecule has 1 atom stereocenters. The van der Waals surface area contributed by atoms with E-state index in [4.69, 9.17) is 28.4 Å². The molecule has 0 saturated carbocycles. The van der Waals surface area contributed by atoms with Crippen LogP contribution in [-0.2, 0) is 11.2 Å². The monoisotopic (exact) mass is 507 g/mol. The summed E-state index contributed by atoms with van der Waals surface area (Å²) in [5.41, 5.74) is 3.34. The predicted molar refractivity (Wildman–Crippen MR) is 141 cm³/mol. The lowest BCUT2D eigenvalue weighted by Crippen LogP contribution is -2.41. The van der Waals surface area contributed by atoms with E-state index < -0.39 is 6.04 Å². The van der Waals surface area contributed by atoms with Crippen LogP contribution in [0.5, 0.6) is 34.5 Å². The van der Waals surface area contributed by atoms with E-state index in [2.05, 4.69) is 0 Å². The number of fused-ring (bicyclic) bond motifs is 1. The second-order valence-electron chi connectivity index (χ2n) is 8.36. The lowest BCUT2D eigenvalue weighted by molar-refractivity contribution is -0.118. The first-order chi connectivity index (χ1) is 18.0. The molecule has 0 radical (unpaired) electrons. The third-order valence-electron chi connectivity index (χ3n) is 6.32. The molecule has 1 amide bonds. The van der Waals surface area contributed by atoms with Crippen molar-refractivity contribution < 1.29 is 33.2 Å². The molecule has 8 nitrogen and oxygen atoms in total. The zero-order chi connectivity index (χ0) is 26.5. The summed E-state index contributed by atoms with van der Waals surface area (Å²) in [4.78, 5) is 15.5. The average molecular weight is 508 g/mol. The lowest BCUT2D eigenvalue weighted by Gasteiger charge is -2.38. The maximum absolute atomic E-state index is 13.7. The van der Waals surface area contributed by atoms with Crippen molar-refractivity contribution in [2.75, 3.05) is 46.6 Å². The second kappa shape index (κ2) is 11.3. The minimum atomic E-state index is -0.492. The quantitative estimate of drug-likeness (QED) is 0.374. The smallest absolute Gasteiger partial charge is 0.232 e. The molecule has 0 spiro atoms. The highest BCUT2D eigenvalue weighted by Crippen LogP contribution is 2.47. The maximum Gasteiger partial charge on any atom is 0.232 e. The second-order valence-corrected chi connectivity index (χ2v) is 8.36. The molecule has 0 bridgehead atoms. The van der Waals surface area contributed by atoms with Crippen molar-refractivity contribution in [3.63, 3.8) is 0 Å². The third kappa shape index (κ3) is 4.96. The van der Waals surface area contributed by atoms with Crippen molar-refractivity contribution in [3.8, 4) is 34.5 Å². The highest BCUT2D eigenvalue weighted by Gasteiger charge is 2.37. The predicted octanol–water partition coefficient (Wildman–Crippen LogP) is 5.20. The van der Waals surface area contributed by atoms with Crippen LogP contribution in [-0.4, -0.2) is 47.6 Å². The molecule has 3 aromatic carbocycles. The summed E-state index contributed by atoms with van der Waals surface area (Å²) in [5.74, 6) is 3.39. The highest BCUT2D eigenvalue weighted by molar-refractivity contribution is 5.98. The maximum atomic E-state index is 13.7. The Morgan fingerprint density at radius 2 is 1.35 bits per heavy atom. The van der Waals surface area contributed by atoms with E-state index in [0.717, 1.165) is 22.4 Å². The molecule has 0 N–H and O–H groups in total. The molecule has 1 aliphatic rings. The van der Waals surface area contributed by atoms with Gasteiger partial charge >= 0.3 is 0 Å². The van der Waals surface area contributed by atoms with Gasteiger partial charge in [-0.25, -0.2) is 0 Å². The zero-order valence-corrected chi connectivity index (χ0v) is 22.1. The van der Waals surface area contributed by atoms with Gasteiger partial charge in [-0.05, 0) is 79.1 Å². The van der Waals surface area contributed by atoms with Gasteiger partial charge in [-0.3, -0.25) is 4.79 Å². The number of rotatable bonds is 10. The Balaban J connectivity index is 1.98. The van der Waals surface area contributed by atoms with Gasteiger partial charge in [0.05, 0.1) is 54.1 Å². The van der Waals surface area contributed by atoms with Crippen LogP contribution in [0.25, 0.3) is 0 Å². The minimum Gasteiger partial charge on any atom is -0.497 e. The number of benzene rings is 3. The Morgan fingerprint density at radius 3 is 1.86 bits per heavy atom. The van der Waals surface area contributed by atoms with Crippen molar-refractivity contribution in [1.82, 2.24) is 0 Å². The number of carbonyl (C=O) groups is 1. The summed E-state index contributed by atoms with van der Waals surface area (Å²) in [6.45, 7) is 4.82. The van der Waals surface area contributed by atoms with E-state index in [1.807, 2.05) is 62.4 Å². The first-order valence-electron chi connectivity index (χ1n) is 12.2. The van der Waals surface area contributed by atoms with Crippen molar-refractivity contribution in [2.24, 2.45) is 0 Å². The van der Waals surface area contributed by atoms with E-state index >= 15 is 0 Å². The summed E-state index contributed by atoms with van der Waals surface area (Å²) >= 11 is 0. The van der Waals surface area contributed by atoms with Gasteiger partial charge in [0.1, 0.15) is 5.75 Å². The number of ether oxygens (including phenoxy) is 6. The van der Waals surface area contributed by atoms with Crippen LogP contribution in [0.4, 0.5) is 5.69 Å². The number of methoxy groups -OCH3 is 4. The van der Waals surface area contributed by atoms with Gasteiger partial charge in [-0.15, -0.1) is 0 Å². The van der Waals surface area contributed by atoms with Crippen molar-refractivity contribution in [2.45, 2.75) is 26.3 Å². The third-order valence-corrected chi connectivity index (χ3v) is 6.32. The molecule has 0 fully saturated rings. The van der Waals surface area contributed by atoms with E-state index in [9.17, 15) is 4.79 Å². The largest absolute Gasteiger partial charge is 0.497 e. The van der Waals surface area contributed by atoms with Gasteiger partial charge in [0.15, 0.2) is 23.0 Å². The van der Waals surface area contributed by atoms with Crippen LogP contribution in [0.1, 0.15) is 36.6 Å². The SMILES string of the molecule is CCOc1cc2c(cc1OCC)[C@H](c1cc(OC)c(OC)c(OC)c1)N(c1ccc(OC)cc1)C(=O)C2. The number of anilines is 1. The standard InChI is InChI=1S/C29H33NO7/c1-7-36-23-13-18-16-27(31)30(20-9-11-21(32-3)12-10-20)28(22(18)17-24(23)37-8-2)19-14-25(33-4)29(35-6)26(15-19)34-5/h9-15,17,28H,7-8,16H2,1-6H3/t28-/m0/s1. The van der Waals surface area contributed by atoms with Crippen LogP contribution in [0.2, 0.25) is 0 Å². The summed E-state index contributed by atoms with van der Waals surface area (Å²) in [7, 11) is 6.32. The van der Waals surface area contributed by atoms with Crippen molar-refractivity contribution in [1.29, 1.82) is 0 Å². The summed E-state index contributed by atoms with van der Waals surface area (Å²) in [6, 6.07) is 14.6. The average Bonchev–Trinajstić information content (AvgIpc) is 2.92. The molecule has 196 valence electrons. The fraction of sp³-hybridized carbons (Fsp3) is 0.345. The molecule has 0 saturated heterocycles. The molecular weight excluding hydrogens is 474 g/mol. The molecule has 8 heteroatoms. The Bertz CT molecular complexity index is 1230. The molecule has 0 unspecified atom stereocenters. The van der Waals surface area contributed by atoms with E-state index in [1.54, 1.807) is 33.3 Å². The van der Waals surface area contributed by atoms with Gasteiger partial charge in [0.2, 0.25) is 11.7 Å². The number of nitrogens with zero attached hydrogens (tertiary/aromatic N) is 1. The van der Waals surface area contributed by atoms with E-state index in [0.29, 0.717) is 47.7 Å². The lowest BCUT2D eigenvalue weighted by atomic mass is 9.86. The number of hydrogen-bond donors (Lipinski definition) is 0. The minimum absolute atomic E-state index is 0.0528. The van der Waals surface area contributed by atoms with Gasteiger partial charge in [-0.2, -0.15) is 0 Å². The first-order valence-corrected chi connectivity index (χ1v) is 12.2. The van der Waals surface area contributed by atoms with Crippen LogP contribution in [0.15, 0.2) is 48.5 Å². The summed E-state index contributed by atoms with van der Waals surface area (Å²) < 4.78 is 34.0. The Labute approximate surface area is 217 Å². The normalized spacial score (nSPS) is 14.6. The Morgan fingerprint density at radius 1 is 0.757 bits per heavy atom. The molecular formula is C29H33NO7. The van der Waals surface area contributed by atoms with Gasteiger partial charge in [-0.1, -0.05) is 0 Å². The van der Waals surface area contributed by atoms with Crippen LogP contribution < -0.4 is 33.3 Å².